The number of anilines is 2. The highest BCUT2D eigenvalue weighted by Crippen LogP contribution is 2.30. The number of benzene rings is 1. The summed E-state index contributed by atoms with van der Waals surface area (Å²) in [7, 11) is -1.72. The van der Waals surface area contributed by atoms with Crippen LogP contribution in [0.1, 0.15) is 54.2 Å². The van der Waals surface area contributed by atoms with Gasteiger partial charge in [-0.2, -0.15) is 0 Å². The van der Waals surface area contributed by atoms with Crippen LogP contribution in [0.3, 0.4) is 0 Å². The lowest BCUT2D eigenvalue weighted by atomic mass is 10.0. The molecule has 0 saturated carbocycles. The minimum atomic E-state index is -1.72. The first-order valence-electron chi connectivity index (χ1n) is 9.23. The molecule has 0 spiro atoms. The SMILES string of the molecule is CC(=O)c1cc(C)cc(C)c1NC(=O)c1sc(C)cc1S(=O)Nc1onc(C)c1C. The van der Waals surface area contributed by atoms with Crippen LogP contribution in [0.15, 0.2) is 27.6 Å². The van der Waals surface area contributed by atoms with Crippen molar-refractivity contribution in [1.29, 1.82) is 0 Å². The van der Waals surface area contributed by atoms with E-state index in [9.17, 15) is 13.8 Å². The standard InChI is InChI=1S/C21H23N3O4S2/c1-10-7-11(2)18(16(8-10)15(6)25)22-20(26)19-17(9-12(3)29-19)30(27)24-21-13(4)14(5)23-28-21/h7-9,24H,1-6H3,(H,22,26). The fourth-order valence-corrected chi connectivity index (χ4v) is 5.26. The van der Waals surface area contributed by atoms with Crippen LogP contribution < -0.4 is 10.0 Å². The second-order valence-electron chi connectivity index (χ2n) is 7.16. The van der Waals surface area contributed by atoms with Crippen molar-refractivity contribution in [2.45, 2.75) is 46.4 Å². The Morgan fingerprint density at radius 3 is 2.40 bits per heavy atom. The number of ketones is 1. The largest absolute Gasteiger partial charge is 0.337 e. The maximum Gasteiger partial charge on any atom is 0.267 e. The van der Waals surface area contributed by atoms with Gasteiger partial charge < -0.3 is 9.84 Å². The Hall–Kier alpha value is -2.78. The lowest BCUT2D eigenvalue weighted by Gasteiger charge is -2.14. The molecule has 1 aromatic carbocycles. The van der Waals surface area contributed by atoms with Crippen LogP contribution in [0.2, 0.25) is 0 Å². The number of thiophene rings is 1. The molecule has 0 aliphatic carbocycles. The zero-order chi connectivity index (χ0) is 22.2. The number of hydrogen-bond acceptors (Lipinski definition) is 6. The maximum absolute atomic E-state index is 13.1. The Balaban J connectivity index is 1.93. The second-order valence-corrected chi connectivity index (χ2v) is 9.60. The third kappa shape index (κ3) is 4.36. The summed E-state index contributed by atoms with van der Waals surface area (Å²) in [5.41, 5.74) is 4.09. The zero-order valence-electron chi connectivity index (χ0n) is 17.6. The predicted octanol–water partition coefficient (Wildman–Crippen LogP) is 4.87. The average molecular weight is 446 g/mol. The first-order valence-corrected chi connectivity index (χ1v) is 11.2. The molecule has 1 atom stereocenters. The summed E-state index contributed by atoms with van der Waals surface area (Å²) in [6, 6.07) is 5.35. The number of nitrogens with one attached hydrogen (secondary N) is 2. The van der Waals surface area contributed by atoms with Crippen LogP contribution in [-0.4, -0.2) is 21.1 Å². The van der Waals surface area contributed by atoms with Gasteiger partial charge in [-0.05, 0) is 64.8 Å². The minimum Gasteiger partial charge on any atom is -0.337 e. The van der Waals surface area contributed by atoms with E-state index in [2.05, 4.69) is 15.2 Å². The molecule has 0 aliphatic heterocycles. The normalized spacial score (nSPS) is 11.9. The number of hydrogen-bond donors (Lipinski definition) is 2. The highest BCUT2D eigenvalue weighted by Gasteiger charge is 2.23. The molecule has 0 fully saturated rings. The summed E-state index contributed by atoms with van der Waals surface area (Å²) < 4.78 is 20.9. The fourth-order valence-electron chi connectivity index (χ4n) is 3.02. The number of amides is 1. The van der Waals surface area contributed by atoms with Gasteiger partial charge in [0.05, 0.1) is 16.3 Å². The molecule has 3 rings (SSSR count). The number of carbonyl (C=O) groups excluding carboxylic acids is 2. The first-order chi connectivity index (χ1) is 14.1. The highest BCUT2D eigenvalue weighted by molar-refractivity contribution is 7.86. The third-order valence-corrected chi connectivity index (χ3v) is 6.94. The van der Waals surface area contributed by atoms with Crippen molar-refractivity contribution < 1.29 is 18.3 Å². The fraction of sp³-hybridized carbons (Fsp3) is 0.286. The molecule has 2 heterocycles. The average Bonchev–Trinajstić information content (AvgIpc) is 3.21. The van der Waals surface area contributed by atoms with E-state index >= 15 is 0 Å². The topological polar surface area (TPSA) is 101 Å². The van der Waals surface area contributed by atoms with Gasteiger partial charge in [0.15, 0.2) is 16.8 Å². The lowest BCUT2D eigenvalue weighted by Crippen LogP contribution is -2.17. The molecule has 0 aliphatic rings. The summed E-state index contributed by atoms with van der Waals surface area (Å²) in [6.45, 7) is 10.6. The van der Waals surface area contributed by atoms with Gasteiger partial charge in [0.25, 0.3) is 5.91 Å². The number of aryl methyl sites for hydroxylation is 4. The van der Waals surface area contributed by atoms with Crippen LogP contribution in [0.25, 0.3) is 0 Å². The molecule has 0 radical (unpaired) electrons. The van der Waals surface area contributed by atoms with Gasteiger partial charge in [0, 0.05) is 16.0 Å². The van der Waals surface area contributed by atoms with E-state index in [4.69, 9.17) is 4.52 Å². The highest BCUT2D eigenvalue weighted by atomic mass is 32.2. The minimum absolute atomic E-state index is 0.138. The van der Waals surface area contributed by atoms with Crippen molar-refractivity contribution >= 4 is 45.6 Å². The molecule has 7 nitrogen and oxygen atoms in total. The Kier molecular flexibility index (Phi) is 6.23. The number of nitrogens with zero attached hydrogens (tertiary/aromatic N) is 1. The number of aromatic nitrogens is 1. The second kappa shape index (κ2) is 8.53. The molecule has 1 amide bonds. The summed E-state index contributed by atoms with van der Waals surface area (Å²) >= 11 is 1.24. The van der Waals surface area contributed by atoms with E-state index in [1.807, 2.05) is 26.8 Å². The Labute approximate surface area is 181 Å². The van der Waals surface area contributed by atoms with Crippen molar-refractivity contribution in [2.24, 2.45) is 0 Å². The van der Waals surface area contributed by atoms with Gasteiger partial charge in [-0.3, -0.25) is 14.3 Å². The quantitative estimate of drug-likeness (QED) is 0.527. The van der Waals surface area contributed by atoms with E-state index < -0.39 is 16.9 Å². The molecule has 158 valence electrons. The lowest BCUT2D eigenvalue weighted by molar-refractivity contribution is 0.101. The molecule has 0 bridgehead atoms. The maximum atomic E-state index is 13.1. The van der Waals surface area contributed by atoms with Crippen molar-refractivity contribution in [3.05, 3.63) is 55.9 Å². The van der Waals surface area contributed by atoms with Crippen LogP contribution in [0.5, 0.6) is 0 Å². The number of carbonyl (C=O) groups is 2. The van der Waals surface area contributed by atoms with Crippen LogP contribution in [0, 0.1) is 34.6 Å². The van der Waals surface area contributed by atoms with Gasteiger partial charge in [-0.25, -0.2) is 4.21 Å². The van der Waals surface area contributed by atoms with E-state index in [1.165, 1.54) is 18.3 Å². The zero-order valence-corrected chi connectivity index (χ0v) is 19.3. The smallest absolute Gasteiger partial charge is 0.267 e. The van der Waals surface area contributed by atoms with Gasteiger partial charge in [0.2, 0.25) is 5.88 Å². The van der Waals surface area contributed by atoms with Gasteiger partial charge in [0.1, 0.15) is 4.88 Å². The molecule has 2 aromatic heterocycles. The summed E-state index contributed by atoms with van der Waals surface area (Å²) in [5.74, 6) is -0.256. The summed E-state index contributed by atoms with van der Waals surface area (Å²) in [4.78, 5) is 26.6. The van der Waals surface area contributed by atoms with Crippen LogP contribution in [0.4, 0.5) is 11.6 Å². The van der Waals surface area contributed by atoms with Crippen LogP contribution in [-0.2, 0) is 11.0 Å². The van der Waals surface area contributed by atoms with Crippen molar-refractivity contribution in [3.63, 3.8) is 0 Å². The van der Waals surface area contributed by atoms with Crippen molar-refractivity contribution in [1.82, 2.24) is 5.16 Å². The summed E-state index contributed by atoms with van der Waals surface area (Å²) in [5, 5.41) is 6.69. The van der Waals surface area contributed by atoms with E-state index in [-0.39, 0.29) is 5.78 Å². The molecule has 9 heteroatoms. The van der Waals surface area contributed by atoms with E-state index in [1.54, 1.807) is 26.0 Å². The van der Waals surface area contributed by atoms with Gasteiger partial charge >= 0.3 is 0 Å². The molecule has 30 heavy (non-hydrogen) atoms. The molecule has 2 N–H and O–H groups in total. The predicted molar refractivity (Wildman–Crippen MR) is 119 cm³/mol. The van der Waals surface area contributed by atoms with Gasteiger partial charge in [-0.1, -0.05) is 11.2 Å². The Bertz CT molecular complexity index is 1180. The molecule has 3 aromatic rings. The van der Waals surface area contributed by atoms with E-state index in [0.29, 0.717) is 32.6 Å². The third-order valence-electron chi connectivity index (χ3n) is 4.67. The Morgan fingerprint density at radius 1 is 1.10 bits per heavy atom. The molecule has 1 unspecified atom stereocenters. The summed E-state index contributed by atoms with van der Waals surface area (Å²) in [6.07, 6.45) is 0. The molecule has 0 saturated heterocycles. The number of Topliss-reactive ketones (excluding diaryl/α,β-unsaturated/α-hetero) is 1. The monoisotopic (exact) mass is 445 g/mol. The Morgan fingerprint density at radius 2 is 1.80 bits per heavy atom. The van der Waals surface area contributed by atoms with Gasteiger partial charge in [-0.15, -0.1) is 11.3 Å². The van der Waals surface area contributed by atoms with E-state index in [0.717, 1.165) is 21.6 Å². The molecular formula is C21H23N3O4S2. The van der Waals surface area contributed by atoms with Crippen LogP contribution >= 0.6 is 11.3 Å². The number of rotatable bonds is 6. The van der Waals surface area contributed by atoms with Crippen molar-refractivity contribution in [2.75, 3.05) is 10.0 Å². The molecular weight excluding hydrogens is 422 g/mol. The van der Waals surface area contributed by atoms with Crippen molar-refractivity contribution in [3.8, 4) is 0 Å². The first kappa shape index (κ1) is 21.9.